The Morgan fingerprint density at radius 1 is 1.41 bits per heavy atom. The first-order valence-corrected chi connectivity index (χ1v) is 6.05. The molecule has 0 aliphatic carbocycles. The lowest BCUT2D eigenvalue weighted by atomic mass is 9.99. The van der Waals surface area contributed by atoms with E-state index in [2.05, 4.69) is 5.32 Å². The monoisotopic (exact) mass is 232 g/mol. The highest BCUT2D eigenvalue weighted by atomic mass is 16.6. The molecule has 1 amide bonds. The minimum Gasteiger partial charge on any atom is -0.445 e. The molecule has 1 aromatic rings. The predicted molar refractivity (Wildman–Crippen MR) is 63.5 cm³/mol. The zero-order valence-corrected chi connectivity index (χ0v) is 9.63. The Morgan fingerprint density at radius 2 is 2.24 bits per heavy atom. The van der Waals surface area contributed by atoms with Gasteiger partial charge >= 0.3 is 6.09 Å². The van der Waals surface area contributed by atoms with Crippen LogP contribution in [0.25, 0.3) is 0 Å². The molecule has 0 spiro atoms. The zero-order valence-electron chi connectivity index (χ0n) is 9.63. The van der Waals surface area contributed by atoms with Gasteiger partial charge in [-0.05, 0) is 18.5 Å². The Bertz CT molecular complexity index is 407. The van der Waals surface area contributed by atoms with Crippen molar-refractivity contribution in [3.05, 3.63) is 35.9 Å². The molecule has 2 aliphatic heterocycles. The Hall–Kier alpha value is -1.55. The number of likely N-dealkylation sites (tertiary alicyclic amines) is 1. The Kier molecular flexibility index (Phi) is 2.73. The van der Waals surface area contributed by atoms with Crippen LogP contribution >= 0.6 is 0 Å². The molecule has 1 N–H and O–H groups in total. The summed E-state index contributed by atoms with van der Waals surface area (Å²) in [6, 6.07) is 10.6. The van der Waals surface area contributed by atoms with Crippen molar-refractivity contribution < 1.29 is 9.53 Å². The van der Waals surface area contributed by atoms with Crippen molar-refractivity contribution in [3.8, 4) is 0 Å². The third-order valence-corrected chi connectivity index (χ3v) is 3.54. The highest BCUT2D eigenvalue weighted by molar-refractivity contribution is 5.69. The van der Waals surface area contributed by atoms with Crippen molar-refractivity contribution in [3.63, 3.8) is 0 Å². The number of amides is 1. The van der Waals surface area contributed by atoms with Crippen LogP contribution in [0.3, 0.4) is 0 Å². The van der Waals surface area contributed by atoms with E-state index >= 15 is 0 Å². The van der Waals surface area contributed by atoms with Crippen LogP contribution in [0, 0.1) is 0 Å². The van der Waals surface area contributed by atoms with Crippen molar-refractivity contribution in [1.29, 1.82) is 0 Å². The van der Waals surface area contributed by atoms with E-state index < -0.39 is 0 Å². The molecule has 0 saturated carbocycles. The second kappa shape index (κ2) is 4.37. The maximum atomic E-state index is 11.8. The molecule has 90 valence electrons. The maximum absolute atomic E-state index is 11.8. The van der Waals surface area contributed by atoms with E-state index in [1.807, 2.05) is 35.2 Å². The van der Waals surface area contributed by atoms with E-state index in [4.69, 9.17) is 4.74 Å². The van der Waals surface area contributed by atoms with Crippen molar-refractivity contribution in [2.45, 2.75) is 25.1 Å². The molecule has 2 fully saturated rings. The molecule has 2 aliphatic rings. The van der Waals surface area contributed by atoms with Crippen LogP contribution in [0.5, 0.6) is 0 Å². The van der Waals surface area contributed by atoms with Crippen LogP contribution in [0.1, 0.15) is 12.0 Å². The largest absolute Gasteiger partial charge is 0.445 e. The quantitative estimate of drug-likeness (QED) is 0.837. The third-order valence-electron chi connectivity index (χ3n) is 3.54. The lowest BCUT2D eigenvalue weighted by molar-refractivity contribution is 0.0362. The number of benzene rings is 1. The van der Waals surface area contributed by atoms with Crippen LogP contribution < -0.4 is 5.32 Å². The minimum atomic E-state index is -0.182. The number of carbonyl (C=O) groups excluding carboxylic acids is 1. The molecule has 4 nitrogen and oxygen atoms in total. The van der Waals surface area contributed by atoms with Crippen molar-refractivity contribution in [1.82, 2.24) is 10.2 Å². The molecule has 2 heterocycles. The van der Waals surface area contributed by atoms with Gasteiger partial charge in [-0.25, -0.2) is 4.79 Å². The Balaban J connectivity index is 1.51. The van der Waals surface area contributed by atoms with E-state index in [0.29, 0.717) is 18.7 Å². The standard InChI is InChI=1S/C13H16N2O2/c16-13(15-8-11-12(15)6-7-14-11)17-9-10-4-2-1-3-5-10/h1-5,11-12,14H,6-9H2/t11?,12-/m1/s1. The first-order chi connectivity index (χ1) is 8.34. The fraction of sp³-hybridized carbons (Fsp3) is 0.462. The average molecular weight is 232 g/mol. The lowest BCUT2D eigenvalue weighted by Crippen LogP contribution is -2.62. The van der Waals surface area contributed by atoms with Crippen LogP contribution in [0.15, 0.2) is 30.3 Å². The number of ether oxygens (including phenoxy) is 1. The number of rotatable bonds is 2. The zero-order chi connectivity index (χ0) is 11.7. The Labute approximate surface area is 101 Å². The van der Waals surface area contributed by atoms with Gasteiger partial charge in [-0.1, -0.05) is 30.3 Å². The summed E-state index contributed by atoms with van der Waals surface area (Å²) >= 11 is 0. The summed E-state index contributed by atoms with van der Waals surface area (Å²) in [7, 11) is 0. The highest BCUT2D eigenvalue weighted by Gasteiger charge is 2.45. The van der Waals surface area contributed by atoms with Crippen LogP contribution in [-0.2, 0) is 11.3 Å². The summed E-state index contributed by atoms with van der Waals surface area (Å²) in [5.41, 5.74) is 1.03. The van der Waals surface area contributed by atoms with Gasteiger partial charge in [0.2, 0.25) is 0 Å². The third kappa shape index (κ3) is 2.00. The summed E-state index contributed by atoms with van der Waals surface area (Å²) in [6.07, 6.45) is 0.865. The molecule has 2 saturated heterocycles. The summed E-state index contributed by atoms with van der Waals surface area (Å²) in [5, 5.41) is 3.37. The van der Waals surface area contributed by atoms with Crippen molar-refractivity contribution in [2.75, 3.05) is 13.1 Å². The number of hydrogen-bond acceptors (Lipinski definition) is 3. The van der Waals surface area contributed by atoms with Crippen molar-refractivity contribution in [2.24, 2.45) is 0 Å². The fourth-order valence-corrected chi connectivity index (χ4v) is 2.53. The normalized spacial score (nSPS) is 26.2. The highest BCUT2D eigenvalue weighted by Crippen LogP contribution is 2.26. The van der Waals surface area contributed by atoms with Gasteiger partial charge in [-0.2, -0.15) is 0 Å². The van der Waals surface area contributed by atoms with E-state index in [0.717, 1.165) is 25.1 Å². The van der Waals surface area contributed by atoms with E-state index in [1.54, 1.807) is 0 Å². The average Bonchev–Trinajstić information content (AvgIpc) is 2.70. The number of nitrogens with one attached hydrogen (secondary N) is 1. The molecule has 4 heteroatoms. The van der Waals surface area contributed by atoms with Gasteiger partial charge in [-0.15, -0.1) is 0 Å². The summed E-state index contributed by atoms with van der Waals surface area (Å²) in [6.45, 7) is 2.16. The molecular weight excluding hydrogens is 216 g/mol. The lowest BCUT2D eigenvalue weighted by Gasteiger charge is -2.42. The number of hydrogen-bond donors (Lipinski definition) is 1. The second-order valence-electron chi connectivity index (χ2n) is 4.61. The number of fused-ring (bicyclic) bond motifs is 1. The minimum absolute atomic E-state index is 0.182. The van der Waals surface area contributed by atoms with Crippen molar-refractivity contribution >= 4 is 6.09 Å². The molecule has 0 aromatic heterocycles. The molecule has 0 bridgehead atoms. The molecule has 3 rings (SSSR count). The van der Waals surface area contributed by atoms with Gasteiger partial charge < -0.3 is 15.0 Å². The molecular formula is C13H16N2O2. The van der Waals surface area contributed by atoms with Crippen LogP contribution in [0.4, 0.5) is 4.79 Å². The fourth-order valence-electron chi connectivity index (χ4n) is 2.53. The van der Waals surface area contributed by atoms with E-state index in [9.17, 15) is 4.79 Å². The first kappa shape index (κ1) is 10.6. The second-order valence-corrected chi connectivity index (χ2v) is 4.61. The first-order valence-electron chi connectivity index (χ1n) is 6.05. The molecule has 1 unspecified atom stereocenters. The van der Waals surface area contributed by atoms with Gasteiger partial charge in [0.15, 0.2) is 0 Å². The summed E-state index contributed by atoms with van der Waals surface area (Å²) in [4.78, 5) is 13.6. The SMILES string of the molecule is O=C(OCc1ccccc1)N1CC2NCC[C@H]21. The Morgan fingerprint density at radius 3 is 3.00 bits per heavy atom. The van der Waals surface area contributed by atoms with Gasteiger partial charge in [0.25, 0.3) is 0 Å². The van der Waals surface area contributed by atoms with E-state index in [-0.39, 0.29) is 6.09 Å². The van der Waals surface area contributed by atoms with Gasteiger partial charge in [-0.3, -0.25) is 0 Å². The number of carbonyl (C=O) groups is 1. The maximum Gasteiger partial charge on any atom is 0.410 e. The molecule has 17 heavy (non-hydrogen) atoms. The number of nitrogens with zero attached hydrogens (tertiary/aromatic N) is 1. The predicted octanol–water partition coefficient (Wildman–Crippen LogP) is 1.37. The van der Waals surface area contributed by atoms with Gasteiger partial charge in [0, 0.05) is 12.6 Å². The smallest absolute Gasteiger partial charge is 0.410 e. The molecule has 2 atom stereocenters. The summed E-state index contributed by atoms with van der Waals surface area (Å²) in [5.74, 6) is 0. The van der Waals surface area contributed by atoms with Gasteiger partial charge in [0.05, 0.1) is 6.04 Å². The molecule has 1 aromatic carbocycles. The topological polar surface area (TPSA) is 41.6 Å². The molecule has 0 radical (unpaired) electrons. The van der Waals surface area contributed by atoms with Crippen LogP contribution in [0.2, 0.25) is 0 Å². The van der Waals surface area contributed by atoms with Crippen LogP contribution in [-0.4, -0.2) is 36.2 Å². The van der Waals surface area contributed by atoms with E-state index in [1.165, 1.54) is 0 Å². The summed E-state index contributed by atoms with van der Waals surface area (Å²) < 4.78 is 5.30. The van der Waals surface area contributed by atoms with Gasteiger partial charge in [0.1, 0.15) is 6.61 Å².